The number of rotatable bonds is 3. The summed E-state index contributed by atoms with van der Waals surface area (Å²) >= 11 is 0. The first-order valence-corrected chi connectivity index (χ1v) is 8.77. The molecule has 0 saturated heterocycles. The van der Waals surface area contributed by atoms with Crippen molar-refractivity contribution in [3.8, 4) is 0 Å². The largest absolute Gasteiger partial charge is 0.332 e. The van der Waals surface area contributed by atoms with Gasteiger partial charge in [0.05, 0.1) is 24.3 Å². The van der Waals surface area contributed by atoms with Gasteiger partial charge in [0.15, 0.2) is 5.82 Å². The van der Waals surface area contributed by atoms with Gasteiger partial charge >= 0.3 is 0 Å². The van der Waals surface area contributed by atoms with Crippen LogP contribution in [0, 0.1) is 6.92 Å². The molecule has 1 saturated carbocycles. The van der Waals surface area contributed by atoms with Crippen LogP contribution in [-0.2, 0) is 13.1 Å². The molecule has 23 heavy (non-hydrogen) atoms. The van der Waals surface area contributed by atoms with Gasteiger partial charge < -0.3 is 4.57 Å². The molecule has 7 nitrogen and oxygen atoms in total. The van der Waals surface area contributed by atoms with Crippen LogP contribution in [0.25, 0.3) is 0 Å². The summed E-state index contributed by atoms with van der Waals surface area (Å²) in [6, 6.07) is 0.697. The zero-order chi connectivity index (χ0) is 15.8. The first-order chi connectivity index (χ1) is 11.2. The molecule has 1 aliphatic carbocycles. The zero-order valence-electron chi connectivity index (χ0n) is 14.0. The number of aromatic nitrogens is 6. The van der Waals surface area contributed by atoms with Gasteiger partial charge in [0.25, 0.3) is 0 Å². The predicted octanol–water partition coefficient (Wildman–Crippen LogP) is 2.26. The Balaban J connectivity index is 1.53. The van der Waals surface area contributed by atoms with Crippen molar-refractivity contribution in [3.63, 3.8) is 0 Å². The number of nitrogens with zero attached hydrogens (tertiary/aromatic N) is 7. The van der Waals surface area contributed by atoms with Crippen molar-refractivity contribution < 1.29 is 0 Å². The lowest BCUT2D eigenvalue weighted by Crippen LogP contribution is -2.37. The Morgan fingerprint density at radius 2 is 2.00 bits per heavy atom. The highest BCUT2D eigenvalue weighted by Gasteiger charge is 2.29. The number of aryl methyl sites for hydroxylation is 1. The molecule has 1 aliphatic heterocycles. The fourth-order valence-corrected chi connectivity index (χ4v) is 3.97. The Kier molecular flexibility index (Phi) is 3.88. The molecular weight excluding hydrogens is 290 g/mol. The molecule has 0 spiro atoms. The van der Waals surface area contributed by atoms with Crippen LogP contribution in [0.5, 0.6) is 0 Å². The predicted molar refractivity (Wildman–Crippen MR) is 85.7 cm³/mol. The summed E-state index contributed by atoms with van der Waals surface area (Å²) in [6.45, 7) is 7.15. The summed E-state index contributed by atoms with van der Waals surface area (Å²) in [4.78, 5) is 7.08. The van der Waals surface area contributed by atoms with Crippen molar-refractivity contribution in [2.75, 3.05) is 6.54 Å². The molecule has 0 amide bonds. The van der Waals surface area contributed by atoms with Crippen LogP contribution in [0.1, 0.15) is 68.5 Å². The summed E-state index contributed by atoms with van der Waals surface area (Å²) in [5, 5.41) is 12.7. The molecule has 1 unspecified atom stereocenters. The number of hydrogen-bond acceptors (Lipinski definition) is 5. The van der Waals surface area contributed by atoms with E-state index in [4.69, 9.17) is 0 Å². The van der Waals surface area contributed by atoms with E-state index in [9.17, 15) is 0 Å². The van der Waals surface area contributed by atoms with Gasteiger partial charge in [0.2, 0.25) is 0 Å². The molecule has 1 atom stereocenters. The standard InChI is InChI=1S/C16H25N7/c1-12-10-22-9-8-21(11-15(22)17-12)13(2)16-18-19-20-23(16)14-6-4-3-5-7-14/h10,13-14H,3-9,11H2,1-2H3. The Morgan fingerprint density at radius 1 is 1.17 bits per heavy atom. The number of hydrogen-bond donors (Lipinski definition) is 0. The summed E-state index contributed by atoms with van der Waals surface area (Å²) in [7, 11) is 0. The summed E-state index contributed by atoms with van der Waals surface area (Å²) in [5.74, 6) is 2.16. The molecule has 2 aromatic heterocycles. The van der Waals surface area contributed by atoms with Gasteiger partial charge in [-0.05, 0) is 37.1 Å². The van der Waals surface area contributed by atoms with Crippen molar-refractivity contribution in [2.45, 2.75) is 71.1 Å². The summed E-state index contributed by atoms with van der Waals surface area (Å²) in [6.07, 6.45) is 8.47. The Labute approximate surface area is 136 Å². The summed E-state index contributed by atoms with van der Waals surface area (Å²) in [5.41, 5.74) is 1.10. The second-order valence-corrected chi connectivity index (χ2v) is 6.91. The average Bonchev–Trinajstić information content (AvgIpc) is 3.19. The summed E-state index contributed by atoms with van der Waals surface area (Å²) < 4.78 is 4.36. The van der Waals surface area contributed by atoms with E-state index in [1.807, 2.05) is 0 Å². The molecule has 3 heterocycles. The van der Waals surface area contributed by atoms with Crippen LogP contribution in [0.4, 0.5) is 0 Å². The van der Waals surface area contributed by atoms with Crippen molar-refractivity contribution in [1.29, 1.82) is 0 Å². The quantitative estimate of drug-likeness (QED) is 0.869. The van der Waals surface area contributed by atoms with Crippen LogP contribution in [-0.4, -0.2) is 41.2 Å². The van der Waals surface area contributed by atoms with E-state index in [0.29, 0.717) is 6.04 Å². The van der Waals surface area contributed by atoms with E-state index >= 15 is 0 Å². The molecule has 2 aromatic rings. The average molecular weight is 315 g/mol. The van der Waals surface area contributed by atoms with E-state index in [0.717, 1.165) is 37.0 Å². The smallest absolute Gasteiger partial charge is 0.168 e. The highest BCUT2D eigenvalue weighted by molar-refractivity contribution is 5.06. The SMILES string of the molecule is Cc1cn2c(n1)CN(C(C)c1nnnn1C1CCCCC1)CC2. The van der Waals surface area contributed by atoms with Crippen LogP contribution < -0.4 is 0 Å². The van der Waals surface area contributed by atoms with E-state index in [1.54, 1.807) is 0 Å². The Morgan fingerprint density at radius 3 is 2.83 bits per heavy atom. The van der Waals surface area contributed by atoms with Crippen LogP contribution >= 0.6 is 0 Å². The van der Waals surface area contributed by atoms with Gasteiger partial charge in [0, 0.05) is 19.3 Å². The molecule has 4 rings (SSSR count). The van der Waals surface area contributed by atoms with Crippen molar-refractivity contribution in [3.05, 3.63) is 23.5 Å². The maximum absolute atomic E-state index is 4.64. The fourth-order valence-electron chi connectivity index (χ4n) is 3.97. The molecular formula is C16H25N7. The van der Waals surface area contributed by atoms with Gasteiger partial charge in [-0.25, -0.2) is 9.67 Å². The third-order valence-electron chi connectivity index (χ3n) is 5.31. The third-order valence-corrected chi connectivity index (χ3v) is 5.31. The van der Waals surface area contributed by atoms with Crippen LogP contribution in [0.3, 0.4) is 0 Å². The lowest BCUT2D eigenvalue weighted by molar-refractivity contribution is 0.149. The van der Waals surface area contributed by atoms with Crippen LogP contribution in [0.15, 0.2) is 6.20 Å². The molecule has 0 radical (unpaired) electrons. The van der Waals surface area contributed by atoms with Crippen molar-refractivity contribution in [2.24, 2.45) is 0 Å². The number of tetrazole rings is 1. The number of imidazole rings is 1. The molecule has 0 N–H and O–H groups in total. The first-order valence-electron chi connectivity index (χ1n) is 8.77. The fraction of sp³-hybridized carbons (Fsp3) is 0.750. The second kappa shape index (κ2) is 6.03. The maximum Gasteiger partial charge on any atom is 0.168 e. The number of fused-ring (bicyclic) bond motifs is 1. The van der Waals surface area contributed by atoms with Gasteiger partial charge in [-0.3, -0.25) is 4.90 Å². The molecule has 0 bridgehead atoms. The molecule has 124 valence electrons. The second-order valence-electron chi connectivity index (χ2n) is 6.91. The van der Waals surface area contributed by atoms with Gasteiger partial charge in [-0.15, -0.1) is 5.10 Å². The van der Waals surface area contributed by atoms with Gasteiger partial charge in [-0.1, -0.05) is 19.3 Å². The van der Waals surface area contributed by atoms with Crippen molar-refractivity contribution in [1.82, 2.24) is 34.7 Å². The minimum absolute atomic E-state index is 0.220. The third kappa shape index (κ3) is 2.78. The van der Waals surface area contributed by atoms with E-state index < -0.39 is 0 Å². The highest BCUT2D eigenvalue weighted by atomic mass is 15.6. The van der Waals surface area contributed by atoms with E-state index in [-0.39, 0.29) is 6.04 Å². The minimum atomic E-state index is 0.220. The first kappa shape index (κ1) is 14.8. The molecule has 1 fully saturated rings. The van der Waals surface area contributed by atoms with Crippen LogP contribution in [0.2, 0.25) is 0 Å². The molecule has 0 aromatic carbocycles. The topological polar surface area (TPSA) is 64.7 Å². The van der Waals surface area contributed by atoms with Gasteiger partial charge in [-0.2, -0.15) is 0 Å². The Hall–Kier alpha value is -1.76. The monoisotopic (exact) mass is 315 g/mol. The lowest BCUT2D eigenvalue weighted by atomic mass is 9.95. The maximum atomic E-state index is 4.64. The molecule has 2 aliphatic rings. The lowest BCUT2D eigenvalue weighted by Gasteiger charge is -2.33. The Bertz CT molecular complexity index is 668. The van der Waals surface area contributed by atoms with Crippen molar-refractivity contribution >= 4 is 0 Å². The zero-order valence-corrected chi connectivity index (χ0v) is 14.0. The highest BCUT2D eigenvalue weighted by Crippen LogP contribution is 2.31. The van der Waals surface area contributed by atoms with E-state index in [1.165, 1.54) is 32.1 Å². The van der Waals surface area contributed by atoms with E-state index in [2.05, 4.69) is 54.7 Å². The van der Waals surface area contributed by atoms with Gasteiger partial charge in [0.1, 0.15) is 5.82 Å². The molecule has 7 heteroatoms. The minimum Gasteiger partial charge on any atom is -0.332 e. The normalized spacial score (nSPS) is 21.3.